The van der Waals surface area contributed by atoms with Crippen LogP contribution in [0.4, 0.5) is 4.79 Å². The molecule has 1 aromatic heterocycles. The molecule has 1 unspecified atom stereocenters. The number of Topliss-reactive ketones (excluding diaryl/α,β-unsaturated/α-hetero) is 1. The Bertz CT molecular complexity index is 940. The van der Waals surface area contributed by atoms with Crippen LogP contribution in [0, 0.1) is 11.8 Å². The number of rotatable bonds is 9. The summed E-state index contributed by atoms with van der Waals surface area (Å²) in [4.78, 5) is 30.8. The molecule has 0 aliphatic heterocycles. The van der Waals surface area contributed by atoms with Crippen molar-refractivity contribution in [3.8, 4) is 0 Å². The van der Waals surface area contributed by atoms with Gasteiger partial charge >= 0.3 is 6.09 Å². The first-order valence-electron chi connectivity index (χ1n) is 11.8. The summed E-state index contributed by atoms with van der Waals surface area (Å²) in [6, 6.07) is 13.6. The van der Waals surface area contributed by atoms with Crippen LogP contribution in [0.5, 0.6) is 0 Å². The van der Waals surface area contributed by atoms with Crippen molar-refractivity contribution in [2.45, 2.75) is 77.4 Å². The molecule has 2 aromatic rings. The van der Waals surface area contributed by atoms with Gasteiger partial charge in [-0.05, 0) is 69.4 Å². The number of ketones is 1. The topological polar surface area (TPSA) is 68.3 Å². The van der Waals surface area contributed by atoms with E-state index >= 15 is 0 Å². The van der Waals surface area contributed by atoms with Crippen molar-refractivity contribution in [2.75, 3.05) is 0 Å². The van der Waals surface area contributed by atoms with Crippen LogP contribution in [-0.2, 0) is 9.53 Å². The number of carbonyl (C=O) groups is 2. The van der Waals surface area contributed by atoms with Gasteiger partial charge in [0.25, 0.3) is 0 Å². The minimum absolute atomic E-state index is 0.0346. The van der Waals surface area contributed by atoms with Gasteiger partial charge in [-0.1, -0.05) is 54.4 Å². The van der Waals surface area contributed by atoms with Gasteiger partial charge in [0.05, 0.1) is 0 Å². The number of nitrogens with one attached hydrogen (secondary N) is 1. The van der Waals surface area contributed by atoms with Crippen LogP contribution >= 0.6 is 15.9 Å². The van der Waals surface area contributed by atoms with Crippen molar-refractivity contribution >= 4 is 27.8 Å². The molecule has 1 aliphatic rings. The standard InChI is InChI=1S/C27H35BrN2O3/c1-6-17(2)24(30-26(32)33-27(3,4)5)16-20(18-10-12-19(28)13-11-18)25(31)22-15-21(22)23-9-7-8-14-29-23/h7-14,17,20-22,24H,6,15-16H2,1-5H3,(H,30,32)/t17-,20+,21+,22+,24?/m0/s1. The molecular formula is C27H35BrN2O3. The third-order valence-electron chi connectivity index (χ3n) is 6.36. The second kappa shape index (κ2) is 10.8. The highest BCUT2D eigenvalue weighted by atomic mass is 79.9. The van der Waals surface area contributed by atoms with Gasteiger partial charge in [-0.15, -0.1) is 0 Å². The van der Waals surface area contributed by atoms with Crippen LogP contribution in [0.3, 0.4) is 0 Å². The summed E-state index contributed by atoms with van der Waals surface area (Å²) < 4.78 is 6.48. The van der Waals surface area contributed by atoms with Gasteiger partial charge in [-0.25, -0.2) is 4.79 Å². The molecule has 5 atom stereocenters. The quantitative estimate of drug-likeness (QED) is 0.407. The minimum atomic E-state index is -0.574. The number of nitrogens with zero attached hydrogens (tertiary/aromatic N) is 1. The molecule has 3 rings (SSSR count). The first-order valence-corrected chi connectivity index (χ1v) is 12.6. The van der Waals surface area contributed by atoms with Gasteiger partial charge in [-0.2, -0.15) is 0 Å². The number of hydrogen-bond donors (Lipinski definition) is 1. The molecule has 178 valence electrons. The van der Waals surface area contributed by atoms with E-state index in [-0.39, 0.29) is 35.5 Å². The first-order chi connectivity index (χ1) is 15.6. The van der Waals surface area contributed by atoms with E-state index in [9.17, 15) is 9.59 Å². The van der Waals surface area contributed by atoms with Gasteiger partial charge in [0.1, 0.15) is 11.4 Å². The number of ether oxygens (including phenoxy) is 1. The van der Waals surface area contributed by atoms with Gasteiger partial charge in [0, 0.05) is 40.2 Å². The summed E-state index contributed by atoms with van der Waals surface area (Å²) >= 11 is 3.49. The largest absolute Gasteiger partial charge is 0.444 e. The van der Waals surface area contributed by atoms with Crippen molar-refractivity contribution in [2.24, 2.45) is 11.8 Å². The van der Waals surface area contributed by atoms with Crippen LogP contribution in [0.1, 0.15) is 77.0 Å². The Labute approximate surface area is 205 Å². The number of hydrogen-bond acceptors (Lipinski definition) is 4. The van der Waals surface area contributed by atoms with E-state index in [0.717, 1.165) is 28.6 Å². The third-order valence-corrected chi connectivity index (χ3v) is 6.89. The van der Waals surface area contributed by atoms with Crippen LogP contribution in [-0.4, -0.2) is 28.5 Å². The summed E-state index contributed by atoms with van der Waals surface area (Å²) in [5.41, 5.74) is 1.39. The van der Waals surface area contributed by atoms with Crippen molar-refractivity contribution in [3.63, 3.8) is 0 Å². The number of carbonyl (C=O) groups excluding carboxylic acids is 2. The zero-order valence-corrected chi connectivity index (χ0v) is 21.8. The molecule has 33 heavy (non-hydrogen) atoms. The lowest BCUT2D eigenvalue weighted by Crippen LogP contribution is -2.43. The van der Waals surface area contributed by atoms with Crippen molar-refractivity contribution in [1.29, 1.82) is 0 Å². The molecule has 0 saturated heterocycles. The molecule has 1 aromatic carbocycles. The molecule has 0 bridgehead atoms. The monoisotopic (exact) mass is 514 g/mol. The molecular weight excluding hydrogens is 480 g/mol. The maximum Gasteiger partial charge on any atom is 0.407 e. The van der Waals surface area contributed by atoms with Gasteiger partial charge in [0.2, 0.25) is 0 Å². The van der Waals surface area contributed by atoms with E-state index in [2.05, 4.69) is 40.1 Å². The van der Waals surface area contributed by atoms with Crippen LogP contribution in [0.25, 0.3) is 0 Å². The molecule has 1 amide bonds. The van der Waals surface area contributed by atoms with Crippen LogP contribution < -0.4 is 5.32 Å². The minimum Gasteiger partial charge on any atom is -0.444 e. The Morgan fingerprint density at radius 3 is 2.45 bits per heavy atom. The summed E-state index contributed by atoms with van der Waals surface area (Å²) in [6.45, 7) is 9.76. The number of benzene rings is 1. The Morgan fingerprint density at radius 1 is 1.18 bits per heavy atom. The van der Waals surface area contributed by atoms with E-state index in [4.69, 9.17) is 4.74 Å². The van der Waals surface area contributed by atoms with Gasteiger partial charge < -0.3 is 10.1 Å². The maximum atomic E-state index is 13.8. The van der Waals surface area contributed by atoms with E-state index in [1.165, 1.54) is 0 Å². The Hall–Kier alpha value is -2.21. The van der Waals surface area contributed by atoms with E-state index in [0.29, 0.717) is 6.42 Å². The lowest BCUT2D eigenvalue weighted by Gasteiger charge is -2.30. The van der Waals surface area contributed by atoms with Crippen molar-refractivity contribution in [3.05, 3.63) is 64.4 Å². The smallest absolute Gasteiger partial charge is 0.407 e. The number of amides is 1. The highest BCUT2D eigenvalue weighted by Crippen LogP contribution is 2.50. The fraction of sp³-hybridized carbons (Fsp3) is 0.519. The molecule has 0 radical (unpaired) electrons. The fourth-order valence-electron chi connectivity index (χ4n) is 4.23. The molecule has 1 heterocycles. The predicted molar refractivity (Wildman–Crippen MR) is 134 cm³/mol. The summed E-state index contributed by atoms with van der Waals surface area (Å²) in [5, 5.41) is 3.06. The normalized spacial score (nSPS) is 20.4. The zero-order valence-electron chi connectivity index (χ0n) is 20.2. The molecule has 0 spiro atoms. The van der Waals surface area contributed by atoms with Crippen molar-refractivity contribution < 1.29 is 14.3 Å². The Balaban J connectivity index is 1.82. The maximum absolute atomic E-state index is 13.8. The average Bonchev–Trinajstić information content (AvgIpc) is 3.57. The second-order valence-corrected chi connectivity index (χ2v) is 11.0. The van der Waals surface area contributed by atoms with Crippen LogP contribution in [0.2, 0.25) is 0 Å². The molecule has 1 aliphatic carbocycles. The highest BCUT2D eigenvalue weighted by Gasteiger charge is 2.47. The summed E-state index contributed by atoms with van der Waals surface area (Å²) in [7, 11) is 0. The number of aromatic nitrogens is 1. The fourth-order valence-corrected chi connectivity index (χ4v) is 4.50. The van der Waals surface area contributed by atoms with E-state index in [1.54, 1.807) is 6.20 Å². The Kier molecular flexibility index (Phi) is 8.33. The Morgan fingerprint density at radius 2 is 1.88 bits per heavy atom. The lowest BCUT2D eigenvalue weighted by atomic mass is 9.82. The SMILES string of the molecule is CC[C@H](C)C(C[C@@H](C(=O)[C@@H]1C[C@H]1c1ccccn1)c1ccc(Br)cc1)NC(=O)OC(C)(C)C. The summed E-state index contributed by atoms with van der Waals surface area (Å²) in [5.74, 6) is 0.275. The zero-order chi connectivity index (χ0) is 24.2. The summed E-state index contributed by atoms with van der Waals surface area (Å²) in [6.07, 6.45) is 3.61. The second-order valence-electron chi connectivity index (χ2n) is 10.1. The van der Waals surface area contributed by atoms with Crippen molar-refractivity contribution in [1.82, 2.24) is 10.3 Å². The predicted octanol–water partition coefficient (Wildman–Crippen LogP) is 6.63. The molecule has 6 heteroatoms. The highest BCUT2D eigenvalue weighted by molar-refractivity contribution is 9.10. The third kappa shape index (κ3) is 7.13. The van der Waals surface area contributed by atoms with Crippen LogP contribution in [0.15, 0.2) is 53.1 Å². The number of halogens is 1. The number of alkyl carbamates (subject to hydrolysis) is 1. The molecule has 1 fully saturated rings. The first kappa shape index (κ1) is 25.4. The lowest BCUT2D eigenvalue weighted by molar-refractivity contribution is -0.122. The molecule has 1 saturated carbocycles. The van der Waals surface area contributed by atoms with Gasteiger partial charge in [-0.3, -0.25) is 9.78 Å². The molecule has 1 N–H and O–H groups in total. The van der Waals surface area contributed by atoms with E-state index < -0.39 is 11.7 Å². The average molecular weight is 515 g/mol. The van der Waals surface area contributed by atoms with E-state index in [1.807, 2.05) is 63.2 Å². The molecule has 5 nitrogen and oxygen atoms in total. The number of pyridine rings is 1. The van der Waals surface area contributed by atoms with Gasteiger partial charge in [0.15, 0.2) is 0 Å².